The molecule has 8 heteroatoms. The molecular formula is C52H56N4O4. The number of carboxylic acids is 2. The predicted molar refractivity (Wildman–Crippen MR) is 240 cm³/mol. The van der Waals surface area contributed by atoms with Crippen molar-refractivity contribution in [3.63, 3.8) is 0 Å². The minimum Gasteiger partial charge on any atom is -0.478 e. The molecule has 0 bridgehead atoms. The second-order valence-corrected chi connectivity index (χ2v) is 16.1. The smallest absolute Gasteiger partial charge is 0.336 e. The van der Waals surface area contributed by atoms with Gasteiger partial charge in [-0.05, 0) is 144 Å². The Bertz CT molecular complexity index is 2290. The van der Waals surface area contributed by atoms with Gasteiger partial charge in [-0.25, -0.2) is 9.59 Å². The van der Waals surface area contributed by atoms with E-state index >= 15 is 0 Å². The molecule has 60 heavy (non-hydrogen) atoms. The monoisotopic (exact) mass is 800 g/mol. The van der Waals surface area contributed by atoms with Crippen molar-refractivity contribution in [2.45, 2.75) is 77.3 Å². The Kier molecular flexibility index (Phi) is 13.6. The lowest BCUT2D eigenvalue weighted by molar-refractivity contribution is 0.0684. The second kappa shape index (κ2) is 19.4. The molecule has 0 unspecified atom stereocenters. The van der Waals surface area contributed by atoms with Crippen LogP contribution in [0, 0.1) is 0 Å². The highest BCUT2D eigenvalue weighted by molar-refractivity contribution is 5.89. The maximum atomic E-state index is 11.5. The van der Waals surface area contributed by atoms with Crippen LogP contribution in [0.3, 0.4) is 0 Å². The van der Waals surface area contributed by atoms with Crippen LogP contribution in [0.1, 0.15) is 104 Å². The number of aromatic nitrogens is 2. The summed E-state index contributed by atoms with van der Waals surface area (Å²) in [4.78, 5) is 36.1. The third-order valence-electron chi connectivity index (χ3n) is 12.6. The summed E-state index contributed by atoms with van der Waals surface area (Å²) in [6.45, 7) is 6.42. The Balaban J connectivity index is 0.000000181. The lowest BCUT2D eigenvalue weighted by Gasteiger charge is -2.35. The predicted octanol–water partition coefficient (Wildman–Crippen LogP) is 10.3. The highest BCUT2D eigenvalue weighted by atomic mass is 16.4. The van der Waals surface area contributed by atoms with E-state index in [1.165, 1.54) is 55.6 Å². The van der Waals surface area contributed by atoms with E-state index in [4.69, 9.17) is 0 Å². The van der Waals surface area contributed by atoms with Crippen molar-refractivity contribution in [1.82, 2.24) is 19.8 Å². The minimum atomic E-state index is -0.885. The first-order chi connectivity index (χ1) is 29.2. The van der Waals surface area contributed by atoms with Gasteiger partial charge in [0.2, 0.25) is 0 Å². The molecule has 6 aromatic rings. The summed E-state index contributed by atoms with van der Waals surface area (Å²) in [5, 5.41) is 18.9. The van der Waals surface area contributed by atoms with Gasteiger partial charge in [0, 0.05) is 50.0 Å². The molecule has 4 heterocycles. The molecule has 0 fully saturated rings. The molecule has 0 spiro atoms. The number of benzene rings is 4. The van der Waals surface area contributed by atoms with Crippen molar-refractivity contribution in [3.05, 3.63) is 177 Å². The van der Waals surface area contributed by atoms with Gasteiger partial charge in [0.25, 0.3) is 0 Å². The highest BCUT2D eigenvalue weighted by Crippen LogP contribution is 2.37. The Hall–Kier alpha value is -5.96. The summed E-state index contributed by atoms with van der Waals surface area (Å²) in [6, 6.07) is 34.8. The molecule has 2 aliphatic rings. The van der Waals surface area contributed by atoms with Gasteiger partial charge in [0.05, 0.1) is 11.1 Å². The van der Waals surface area contributed by atoms with Crippen molar-refractivity contribution in [1.29, 1.82) is 0 Å². The first kappa shape index (κ1) is 42.2. The van der Waals surface area contributed by atoms with Crippen LogP contribution in [0.4, 0.5) is 0 Å². The van der Waals surface area contributed by atoms with Gasteiger partial charge in [-0.1, -0.05) is 98.8 Å². The van der Waals surface area contributed by atoms with Crippen molar-refractivity contribution >= 4 is 11.9 Å². The number of hydrogen-bond acceptors (Lipinski definition) is 6. The molecule has 2 atom stereocenters. The summed E-state index contributed by atoms with van der Waals surface area (Å²) < 4.78 is 0. The van der Waals surface area contributed by atoms with Crippen molar-refractivity contribution in [3.8, 4) is 22.3 Å². The van der Waals surface area contributed by atoms with E-state index in [2.05, 4.69) is 133 Å². The van der Waals surface area contributed by atoms with Gasteiger partial charge < -0.3 is 10.2 Å². The average Bonchev–Trinajstić information content (AvgIpc) is 3.28. The topological polar surface area (TPSA) is 107 Å². The van der Waals surface area contributed by atoms with Crippen molar-refractivity contribution < 1.29 is 19.8 Å². The zero-order valence-corrected chi connectivity index (χ0v) is 35.3. The number of aryl methyl sites for hydroxylation is 4. The van der Waals surface area contributed by atoms with Crippen LogP contribution >= 0.6 is 0 Å². The average molecular weight is 801 g/mol. The molecule has 0 amide bonds. The van der Waals surface area contributed by atoms with Gasteiger partial charge in [-0.15, -0.1) is 0 Å². The normalized spacial score (nSPS) is 16.3. The van der Waals surface area contributed by atoms with E-state index in [9.17, 15) is 19.8 Å². The summed E-state index contributed by atoms with van der Waals surface area (Å²) in [7, 11) is 4.32. The molecule has 8 rings (SSSR count). The minimum absolute atomic E-state index is 0.283. The molecule has 2 aromatic heterocycles. The SMILES string of the molecule is CCc1ccccc1-c1ccc2c(c1)CCN(C)[C@@H]2CCc1cnccc1C(=O)O.CCc1ccccc1-c1ccc2c(c1)CCN(C)[C@H]2CCc1cnccc1C(=O)O. The third-order valence-corrected chi connectivity index (χ3v) is 12.6. The third kappa shape index (κ3) is 9.41. The second-order valence-electron chi connectivity index (χ2n) is 16.1. The molecule has 0 saturated heterocycles. The zero-order valence-electron chi connectivity index (χ0n) is 35.3. The number of hydrogen-bond donors (Lipinski definition) is 2. The fourth-order valence-corrected chi connectivity index (χ4v) is 9.24. The maximum absolute atomic E-state index is 11.5. The van der Waals surface area contributed by atoms with Crippen LogP contribution < -0.4 is 0 Å². The van der Waals surface area contributed by atoms with Crippen LogP contribution in [0.5, 0.6) is 0 Å². The number of nitrogens with zero attached hydrogens (tertiary/aromatic N) is 4. The Morgan fingerprint density at radius 3 is 1.40 bits per heavy atom. The largest absolute Gasteiger partial charge is 0.478 e. The molecule has 308 valence electrons. The van der Waals surface area contributed by atoms with Gasteiger partial charge in [-0.2, -0.15) is 0 Å². The van der Waals surface area contributed by atoms with Crippen molar-refractivity contribution in [2.24, 2.45) is 0 Å². The maximum Gasteiger partial charge on any atom is 0.336 e. The standard InChI is InChI=1S/2C26H28N2O2/c2*1-3-18-6-4-5-7-22(18)19-8-10-23-20(16-19)13-15-28(2)25(23)11-9-21-17-27-14-12-24(21)26(29)30/h2*4-8,10,12,14,16-17,25H,3,9,11,13,15H2,1-2H3,(H,29,30)/t2*25-/m10/s1. The Morgan fingerprint density at radius 2 is 1.00 bits per heavy atom. The molecule has 0 radical (unpaired) electrons. The summed E-state index contributed by atoms with van der Waals surface area (Å²) >= 11 is 0. The highest BCUT2D eigenvalue weighted by Gasteiger charge is 2.27. The van der Waals surface area contributed by atoms with Crippen LogP contribution in [0.25, 0.3) is 22.3 Å². The van der Waals surface area contributed by atoms with E-state index in [-0.39, 0.29) is 12.1 Å². The number of likely N-dealkylation sites (N-methyl/N-ethyl adjacent to an activating group) is 2. The van der Waals surface area contributed by atoms with E-state index < -0.39 is 11.9 Å². The molecule has 0 saturated carbocycles. The van der Waals surface area contributed by atoms with E-state index in [0.717, 1.165) is 62.7 Å². The summed E-state index contributed by atoms with van der Waals surface area (Å²) in [5.41, 5.74) is 15.8. The van der Waals surface area contributed by atoms with Gasteiger partial charge in [0.15, 0.2) is 0 Å². The van der Waals surface area contributed by atoms with Crippen molar-refractivity contribution in [2.75, 3.05) is 27.2 Å². The lowest BCUT2D eigenvalue weighted by atomic mass is 9.86. The fourth-order valence-electron chi connectivity index (χ4n) is 9.24. The summed E-state index contributed by atoms with van der Waals surface area (Å²) in [6.07, 6.45) is 13.8. The zero-order chi connectivity index (χ0) is 42.2. The Morgan fingerprint density at radius 1 is 0.583 bits per heavy atom. The Labute approximate surface area is 354 Å². The van der Waals surface area contributed by atoms with Crippen LogP contribution in [0.2, 0.25) is 0 Å². The van der Waals surface area contributed by atoms with Gasteiger partial charge in [0.1, 0.15) is 0 Å². The molecule has 4 aromatic carbocycles. The van der Waals surface area contributed by atoms with E-state index in [1.807, 2.05) is 0 Å². The first-order valence-corrected chi connectivity index (χ1v) is 21.3. The lowest BCUT2D eigenvalue weighted by Crippen LogP contribution is -2.32. The molecular weight excluding hydrogens is 745 g/mol. The number of rotatable bonds is 12. The van der Waals surface area contributed by atoms with Crippen LogP contribution in [0.15, 0.2) is 122 Å². The number of carboxylic acid groups (broad SMARTS) is 2. The van der Waals surface area contributed by atoms with Crippen LogP contribution in [-0.4, -0.2) is 69.1 Å². The number of fused-ring (bicyclic) bond motifs is 2. The fraction of sp³-hybridized carbons (Fsp3) is 0.308. The van der Waals surface area contributed by atoms with Gasteiger partial charge >= 0.3 is 11.9 Å². The summed E-state index contributed by atoms with van der Waals surface area (Å²) in [5.74, 6) is -1.77. The van der Waals surface area contributed by atoms with E-state index in [0.29, 0.717) is 24.0 Å². The number of aromatic carboxylic acids is 2. The molecule has 8 nitrogen and oxygen atoms in total. The van der Waals surface area contributed by atoms with E-state index in [1.54, 1.807) is 36.9 Å². The number of pyridine rings is 2. The number of carbonyl (C=O) groups is 2. The van der Waals surface area contributed by atoms with Gasteiger partial charge in [-0.3, -0.25) is 19.8 Å². The molecule has 2 aliphatic heterocycles. The molecule has 2 N–H and O–H groups in total. The quantitative estimate of drug-likeness (QED) is 0.126. The molecule has 0 aliphatic carbocycles. The first-order valence-electron chi connectivity index (χ1n) is 21.3. The van der Waals surface area contributed by atoms with Crippen LogP contribution in [-0.2, 0) is 38.5 Å².